The van der Waals surface area contributed by atoms with Gasteiger partial charge in [0.15, 0.2) is 17.4 Å². The van der Waals surface area contributed by atoms with Crippen LogP contribution in [0.25, 0.3) is 32.2 Å². The normalized spacial score (nSPS) is 19.3. The molecular formula is C62H69F2N11O7S. The van der Waals surface area contributed by atoms with Gasteiger partial charge in [0.25, 0.3) is 11.8 Å². The molecule has 434 valence electrons. The number of aromatic nitrogens is 4. The summed E-state index contributed by atoms with van der Waals surface area (Å²) < 4.78 is 41.0. The number of amides is 4. The monoisotopic (exact) mass is 1150 g/mol. The zero-order valence-electron chi connectivity index (χ0n) is 47.8. The Morgan fingerprint density at radius 1 is 0.880 bits per heavy atom. The summed E-state index contributed by atoms with van der Waals surface area (Å²) in [6, 6.07) is 25.9. The Labute approximate surface area is 484 Å². The van der Waals surface area contributed by atoms with E-state index >= 15 is 8.78 Å². The van der Waals surface area contributed by atoms with Gasteiger partial charge in [-0.1, -0.05) is 80.6 Å². The fourth-order valence-corrected chi connectivity index (χ4v) is 13.4. The first-order valence-electron chi connectivity index (χ1n) is 28.3. The summed E-state index contributed by atoms with van der Waals surface area (Å²) in [5.74, 6) is -5.29. The van der Waals surface area contributed by atoms with Crippen molar-refractivity contribution in [3.05, 3.63) is 124 Å². The molecule has 3 atom stereocenters. The van der Waals surface area contributed by atoms with E-state index in [1.807, 2.05) is 112 Å². The van der Waals surface area contributed by atoms with Crippen molar-refractivity contribution in [2.45, 2.75) is 96.7 Å². The van der Waals surface area contributed by atoms with Gasteiger partial charge in [-0.05, 0) is 103 Å². The lowest BCUT2D eigenvalue weighted by Crippen LogP contribution is -2.61. The molecule has 3 aromatic heterocycles. The highest BCUT2D eigenvalue weighted by molar-refractivity contribution is 7.22. The van der Waals surface area contributed by atoms with Crippen LogP contribution in [-0.4, -0.2) is 153 Å². The standard InChI is InChI=1S/C62H69F2N11O7S/c1-36-30-71(31-37(2)75(36)33-52(77)73-27-25-72(26-28-73)47-18-11-16-42-54(69-70(7)56(42)47)43-21-22-51(76)67-58(43)79)34-62(63,64)35-82-48-19-12-14-40(38(48)3)53-45(61(4,5)6)29-50(66-55(53)59(80)81)74-24-23-39-13-10-15-41(44(39)32-74)57(78)68-60-65-46-17-8-9-20-49(46)83-60/h8-20,29,36-37,43H,21-28,30-35H2,1-7H3,(H,80,81)(H,65,68,78)(H,67,76,79)/t36-,37+,43?. The first kappa shape index (κ1) is 57.0. The maximum Gasteiger partial charge on any atom is 0.355 e. The van der Waals surface area contributed by atoms with Crippen LogP contribution >= 0.6 is 11.3 Å². The number of rotatable bonds is 14. The van der Waals surface area contributed by atoms with Crippen LogP contribution in [0.4, 0.5) is 25.4 Å². The minimum atomic E-state index is -3.26. The molecule has 0 radical (unpaired) electrons. The number of fused-ring (bicyclic) bond motifs is 3. The van der Waals surface area contributed by atoms with E-state index in [9.17, 15) is 29.1 Å². The number of carboxylic acid groups (broad SMARTS) is 1. The number of benzene rings is 4. The van der Waals surface area contributed by atoms with Crippen molar-refractivity contribution in [2.24, 2.45) is 7.05 Å². The van der Waals surface area contributed by atoms with Crippen molar-refractivity contribution in [1.82, 2.24) is 39.8 Å². The number of aromatic carboxylic acids is 1. The first-order valence-corrected chi connectivity index (χ1v) is 29.1. The summed E-state index contributed by atoms with van der Waals surface area (Å²) in [5.41, 5.74) is 6.92. The van der Waals surface area contributed by atoms with Crippen LogP contribution < -0.4 is 25.2 Å². The maximum absolute atomic E-state index is 16.1. The second kappa shape index (κ2) is 22.7. The fourth-order valence-electron chi connectivity index (χ4n) is 12.6. The topological polar surface area (TPSA) is 199 Å². The molecule has 0 spiro atoms. The van der Waals surface area contributed by atoms with Gasteiger partial charge in [-0.2, -0.15) is 5.10 Å². The van der Waals surface area contributed by atoms with E-state index in [0.717, 1.165) is 37.9 Å². The van der Waals surface area contributed by atoms with Crippen LogP contribution in [0.5, 0.6) is 5.75 Å². The molecule has 18 nitrogen and oxygen atoms in total. The Morgan fingerprint density at radius 3 is 2.34 bits per heavy atom. The molecule has 0 bridgehead atoms. The molecule has 7 aromatic rings. The Hall–Kier alpha value is -7.88. The number of nitrogens with zero attached hydrogens (tertiary/aromatic N) is 9. The molecule has 11 rings (SSSR count). The second-order valence-electron chi connectivity index (χ2n) is 23.6. The lowest BCUT2D eigenvalue weighted by Gasteiger charge is -2.45. The SMILES string of the molecule is Cc1c(OCC(F)(F)CN2C[C@@H](C)N(CC(=O)N3CCN(c4cccc5c(C6CCC(=O)NC6=O)nn(C)c45)CC3)[C@@H](C)C2)cccc1-c1c(C(C)(C)C)cc(N2CCc3cccc(C(=O)Nc4nc5ccccc5s4)c3C2)nc1C(=O)O. The summed E-state index contributed by atoms with van der Waals surface area (Å²) in [7, 11) is 1.85. The van der Waals surface area contributed by atoms with Gasteiger partial charge in [-0.25, -0.2) is 23.5 Å². The van der Waals surface area contributed by atoms with Crippen LogP contribution in [-0.2, 0) is 39.8 Å². The van der Waals surface area contributed by atoms with Crippen molar-refractivity contribution in [3.8, 4) is 16.9 Å². The molecule has 7 heterocycles. The zero-order chi connectivity index (χ0) is 58.6. The van der Waals surface area contributed by atoms with Gasteiger partial charge in [0.05, 0.1) is 46.1 Å². The summed E-state index contributed by atoms with van der Waals surface area (Å²) in [6.45, 7) is 14.0. The van der Waals surface area contributed by atoms with Crippen LogP contribution in [0.1, 0.15) is 102 Å². The van der Waals surface area contributed by atoms with Crippen LogP contribution in [0, 0.1) is 6.92 Å². The summed E-state index contributed by atoms with van der Waals surface area (Å²) in [6.07, 6.45) is 1.26. The Bertz CT molecular complexity index is 3660. The van der Waals surface area contributed by atoms with E-state index in [1.54, 1.807) is 40.8 Å². The lowest BCUT2D eigenvalue weighted by molar-refractivity contribution is -0.136. The van der Waals surface area contributed by atoms with Crippen molar-refractivity contribution < 1.29 is 42.6 Å². The van der Waals surface area contributed by atoms with E-state index in [2.05, 4.69) is 25.4 Å². The summed E-state index contributed by atoms with van der Waals surface area (Å²) >= 11 is 1.40. The van der Waals surface area contributed by atoms with Gasteiger partial charge < -0.3 is 24.5 Å². The Morgan fingerprint density at radius 2 is 1.61 bits per heavy atom. The van der Waals surface area contributed by atoms with Gasteiger partial charge in [-0.15, -0.1) is 0 Å². The number of carbonyl (C=O) groups is 5. The van der Waals surface area contributed by atoms with E-state index in [0.29, 0.717) is 110 Å². The number of halogens is 2. The number of carboxylic acids is 1. The summed E-state index contributed by atoms with van der Waals surface area (Å²) in [4.78, 5) is 85.1. The third kappa shape index (κ3) is 11.6. The minimum Gasteiger partial charge on any atom is -0.487 e. The van der Waals surface area contributed by atoms with Gasteiger partial charge in [0, 0.05) is 94.4 Å². The predicted molar refractivity (Wildman–Crippen MR) is 316 cm³/mol. The molecule has 4 aliphatic heterocycles. The highest BCUT2D eigenvalue weighted by atomic mass is 32.1. The molecule has 3 saturated heterocycles. The minimum absolute atomic E-state index is 0.0178. The summed E-state index contributed by atoms with van der Waals surface area (Å²) in [5, 5.41) is 22.4. The Kier molecular flexibility index (Phi) is 15.6. The molecule has 3 fully saturated rings. The number of para-hydroxylation sites is 2. The van der Waals surface area contributed by atoms with Crippen LogP contribution in [0.15, 0.2) is 84.9 Å². The zero-order valence-corrected chi connectivity index (χ0v) is 48.6. The van der Waals surface area contributed by atoms with Gasteiger partial charge in [0.2, 0.25) is 17.7 Å². The highest BCUT2D eigenvalue weighted by Crippen LogP contribution is 2.42. The largest absolute Gasteiger partial charge is 0.487 e. The number of anilines is 3. The molecule has 21 heteroatoms. The molecule has 1 unspecified atom stereocenters. The number of thiazole rings is 1. The number of alkyl halides is 2. The van der Waals surface area contributed by atoms with E-state index in [-0.39, 0.29) is 60.1 Å². The first-order chi connectivity index (χ1) is 39.6. The third-order valence-electron chi connectivity index (χ3n) is 16.7. The number of carbonyl (C=O) groups excluding carboxylic acids is 4. The average Bonchev–Trinajstić information content (AvgIpc) is 3.94. The molecule has 3 N–H and O–H groups in total. The molecule has 0 saturated carbocycles. The number of pyridine rings is 1. The van der Waals surface area contributed by atoms with Crippen LogP contribution in [0.2, 0.25) is 0 Å². The number of hydrogen-bond acceptors (Lipinski definition) is 14. The van der Waals surface area contributed by atoms with E-state index < -0.39 is 36.4 Å². The molecule has 4 aromatic carbocycles. The van der Waals surface area contributed by atoms with Crippen LogP contribution in [0.3, 0.4) is 0 Å². The average molecular weight is 1150 g/mol. The molecule has 4 aliphatic rings. The smallest absolute Gasteiger partial charge is 0.355 e. The number of ether oxygens (including phenoxy) is 1. The second-order valence-corrected chi connectivity index (χ2v) is 24.6. The molecule has 4 amide bonds. The van der Waals surface area contributed by atoms with Crippen molar-refractivity contribution in [3.63, 3.8) is 0 Å². The number of imide groups is 1. The van der Waals surface area contributed by atoms with Crippen molar-refractivity contribution in [1.29, 1.82) is 0 Å². The maximum atomic E-state index is 16.1. The molecular weight excluding hydrogens is 1080 g/mol. The quantitative estimate of drug-likeness (QED) is 0.0875. The number of nitrogens with one attached hydrogen (secondary N) is 2. The predicted octanol–water partition coefficient (Wildman–Crippen LogP) is 8.64. The third-order valence-corrected chi connectivity index (χ3v) is 17.7. The fraction of sp³-hybridized carbons (Fsp3) is 0.419. The lowest BCUT2D eigenvalue weighted by atomic mass is 9.80. The number of hydrogen-bond donors (Lipinski definition) is 3. The molecule has 83 heavy (non-hydrogen) atoms. The Balaban J connectivity index is 0.721. The number of aryl methyl sites for hydroxylation is 1. The highest BCUT2D eigenvalue weighted by Gasteiger charge is 2.40. The number of piperidine rings is 1. The van der Waals surface area contributed by atoms with E-state index in [1.165, 1.54) is 11.3 Å². The van der Waals surface area contributed by atoms with Gasteiger partial charge >= 0.3 is 5.97 Å². The number of piperazine rings is 2. The van der Waals surface area contributed by atoms with Gasteiger partial charge in [0.1, 0.15) is 11.6 Å². The van der Waals surface area contributed by atoms with Crippen molar-refractivity contribution in [2.75, 3.05) is 80.6 Å². The van der Waals surface area contributed by atoms with E-state index in [4.69, 9.17) is 14.8 Å². The van der Waals surface area contributed by atoms with Gasteiger partial charge in [-0.3, -0.25) is 44.3 Å². The molecule has 0 aliphatic carbocycles. The van der Waals surface area contributed by atoms with Crippen molar-refractivity contribution >= 4 is 78.7 Å².